The second-order valence-electron chi connectivity index (χ2n) is 3.29. The maximum Gasteiger partial charge on any atom is 0.169 e. The predicted octanol–water partition coefficient (Wildman–Crippen LogP) is 3.72. The average Bonchev–Trinajstić information content (AvgIpc) is 2.41. The highest BCUT2D eigenvalue weighted by molar-refractivity contribution is 6.29. The molecule has 0 bridgehead atoms. The Morgan fingerprint density at radius 2 is 1.94 bits per heavy atom. The molecule has 5 nitrogen and oxygen atoms in total. The summed E-state index contributed by atoms with van der Waals surface area (Å²) in [5.74, 6) is 0. The third kappa shape index (κ3) is 3.03. The van der Waals surface area contributed by atoms with E-state index in [1.807, 2.05) is 36.4 Å². The Morgan fingerprint density at radius 3 is 2.67 bits per heavy atom. The van der Waals surface area contributed by atoms with Crippen LogP contribution >= 0.6 is 11.6 Å². The minimum atomic E-state index is 0.140. The first kappa shape index (κ1) is 12.0. The second-order valence-corrected chi connectivity index (χ2v) is 3.68. The van der Waals surface area contributed by atoms with Crippen molar-refractivity contribution in [1.29, 1.82) is 5.26 Å². The van der Waals surface area contributed by atoms with Crippen LogP contribution in [0.2, 0.25) is 5.15 Å². The third-order valence-electron chi connectivity index (χ3n) is 2.06. The zero-order valence-corrected chi connectivity index (χ0v) is 9.96. The molecule has 0 unspecified atom stereocenters. The van der Waals surface area contributed by atoms with E-state index < -0.39 is 0 Å². The standard InChI is InChI=1S/C12H8ClN5/c13-12-7-6-10(11(8-14)15-12)17-18-16-9-4-2-1-3-5-9/h1-7H,(H,16,17). The minimum Gasteiger partial charge on any atom is -0.260 e. The highest BCUT2D eigenvalue weighted by Crippen LogP contribution is 2.19. The fourth-order valence-electron chi connectivity index (χ4n) is 1.24. The number of halogens is 1. The number of rotatable bonds is 3. The highest BCUT2D eigenvalue weighted by Gasteiger charge is 2.02. The lowest BCUT2D eigenvalue weighted by atomic mass is 10.3. The number of benzene rings is 1. The molecule has 0 atom stereocenters. The molecular formula is C12H8ClN5. The van der Waals surface area contributed by atoms with Crippen LogP contribution in [0.5, 0.6) is 0 Å². The summed E-state index contributed by atoms with van der Waals surface area (Å²) in [6.45, 7) is 0. The van der Waals surface area contributed by atoms with E-state index in [4.69, 9.17) is 16.9 Å². The smallest absolute Gasteiger partial charge is 0.169 e. The van der Waals surface area contributed by atoms with Crippen LogP contribution in [0, 0.1) is 11.3 Å². The number of hydrogen-bond acceptors (Lipinski definition) is 4. The molecule has 0 amide bonds. The molecule has 0 aliphatic rings. The number of nitrogens with zero attached hydrogens (tertiary/aromatic N) is 4. The van der Waals surface area contributed by atoms with Gasteiger partial charge in [-0.05, 0) is 24.3 Å². The van der Waals surface area contributed by atoms with Gasteiger partial charge in [-0.15, -0.1) is 5.11 Å². The molecule has 0 saturated heterocycles. The second kappa shape index (κ2) is 5.75. The van der Waals surface area contributed by atoms with Gasteiger partial charge in [0.05, 0.1) is 5.69 Å². The highest BCUT2D eigenvalue weighted by atomic mass is 35.5. The number of nitrogens with one attached hydrogen (secondary N) is 1. The number of pyridine rings is 1. The zero-order chi connectivity index (χ0) is 12.8. The minimum absolute atomic E-state index is 0.140. The molecule has 1 heterocycles. The van der Waals surface area contributed by atoms with Crippen LogP contribution in [0.3, 0.4) is 0 Å². The SMILES string of the molecule is N#Cc1nc(Cl)ccc1N=NNc1ccccc1. The van der Waals surface area contributed by atoms with Crippen molar-refractivity contribution in [3.8, 4) is 6.07 Å². The Kier molecular flexibility index (Phi) is 3.84. The first-order valence-electron chi connectivity index (χ1n) is 5.08. The van der Waals surface area contributed by atoms with E-state index in [1.54, 1.807) is 12.1 Å². The van der Waals surface area contributed by atoms with Gasteiger partial charge in [0.2, 0.25) is 0 Å². The Hall–Kier alpha value is -2.45. The van der Waals surface area contributed by atoms with Crippen molar-refractivity contribution in [3.63, 3.8) is 0 Å². The molecule has 0 fully saturated rings. The van der Waals surface area contributed by atoms with Crippen LogP contribution in [0.4, 0.5) is 11.4 Å². The van der Waals surface area contributed by atoms with Crippen molar-refractivity contribution in [2.75, 3.05) is 5.43 Å². The topological polar surface area (TPSA) is 73.4 Å². The third-order valence-corrected chi connectivity index (χ3v) is 2.27. The number of nitriles is 1. The van der Waals surface area contributed by atoms with Crippen LogP contribution in [0.25, 0.3) is 0 Å². The van der Waals surface area contributed by atoms with Gasteiger partial charge in [-0.3, -0.25) is 5.43 Å². The molecule has 88 valence electrons. The lowest BCUT2D eigenvalue weighted by molar-refractivity contribution is 1.11. The summed E-state index contributed by atoms with van der Waals surface area (Å²) < 4.78 is 0. The Bertz CT molecular complexity index is 604. The monoisotopic (exact) mass is 257 g/mol. The van der Waals surface area contributed by atoms with E-state index in [0.29, 0.717) is 5.69 Å². The van der Waals surface area contributed by atoms with Crippen molar-refractivity contribution >= 4 is 23.0 Å². The van der Waals surface area contributed by atoms with Crippen LogP contribution in [0.1, 0.15) is 5.69 Å². The van der Waals surface area contributed by atoms with Gasteiger partial charge in [-0.1, -0.05) is 35.0 Å². The molecule has 0 saturated carbocycles. The maximum atomic E-state index is 8.87. The van der Waals surface area contributed by atoms with Crippen LogP contribution in [0.15, 0.2) is 52.8 Å². The van der Waals surface area contributed by atoms with Crippen molar-refractivity contribution in [3.05, 3.63) is 53.3 Å². The normalized spacial score (nSPS) is 10.2. The Balaban J connectivity index is 2.13. The van der Waals surface area contributed by atoms with Gasteiger partial charge in [-0.2, -0.15) is 5.26 Å². The molecule has 2 rings (SSSR count). The van der Waals surface area contributed by atoms with E-state index in [0.717, 1.165) is 5.69 Å². The lowest BCUT2D eigenvalue weighted by Gasteiger charge is -1.98. The molecule has 1 aromatic carbocycles. The van der Waals surface area contributed by atoms with E-state index in [1.165, 1.54) is 0 Å². The van der Waals surface area contributed by atoms with Gasteiger partial charge in [0.1, 0.15) is 16.9 Å². The molecule has 6 heteroatoms. The van der Waals surface area contributed by atoms with E-state index >= 15 is 0 Å². The van der Waals surface area contributed by atoms with Crippen molar-refractivity contribution in [2.24, 2.45) is 10.3 Å². The summed E-state index contributed by atoms with van der Waals surface area (Å²) in [5, 5.41) is 16.8. The predicted molar refractivity (Wildman–Crippen MR) is 68.5 cm³/mol. The van der Waals surface area contributed by atoms with Crippen LogP contribution in [-0.2, 0) is 0 Å². The summed E-state index contributed by atoms with van der Waals surface area (Å²) in [7, 11) is 0. The Labute approximate surface area is 109 Å². The largest absolute Gasteiger partial charge is 0.260 e. The molecule has 0 aliphatic carbocycles. The lowest BCUT2D eigenvalue weighted by Crippen LogP contribution is -1.87. The van der Waals surface area contributed by atoms with E-state index in [2.05, 4.69) is 20.7 Å². The molecule has 1 N–H and O–H groups in total. The molecular weight excluding hydrogens is 250 g/mol. The van der Waals surface area contributed by atoms with Gasteiger partial charge >= 0.3 is 0 Å². The van der Waals surface area contributed by atoms with Gasteiger partial charge in [0.25, 0.3) is 0 Å². The summed E-state index contributed by atoms with van der Waals surface area (Å²) in [5.41, 5.74) is 4.06. The van der Waals surface area contributed by atoms with Crippen LogP contribution < -0.4 is 5.43 Å². The molecule has 0 radical (unpaired) electrons. The number of para-hydroxylation sites is 1. The van der Waals surface area contributed by atoms with E-state index in [9.17, 15) is 0 Å². The molecule has 1 aromatic heterocycles. The van der Waals surface area contributed by atoms with Crippen molar-refractivity contribution < 1.29 is 0 Å². The quantitative estimate of drug-likeness (QED) is 0.517. The van der Waals surface area contributed by atoms with Gasteiger partial charge in [0.15, 0.2) is 5.69 Å². The van der Waals surface area contributed by atoms with Gasteiger partial charge < -0.3 is 0 Å². The molecule has 0 aliphatic heterocycles. The molecule has 18 heavy (non-hydrogen) atoms. The summed E-state index contributed by atoms with van der Waals surface area (Å²) in [6, 6.07) is 14.4. The zero-order valence-electron chi connectivity index (χ0n) is 9.21. The summed E-state index contributed by atoms with van der Waals surface area (Å²) in [6.07, 6.45) is 0. The molecule has 0 spiro atoms. The Morgan fingerprint density at radius 1 is 1.17 bits per heavy atom. The van der Waals surface area contributed by atoms with Gasteiger partial charge in [0, 0.05) is 0 Å². The average molecular weight is 258 g/mol. The number of hydrogen-bond donors (Lipinski definition) is 1. The summed E-state index contributed by atoms with van der Waals surface area (Å²) >= 11 is 5.68. The van der Waals surface area contributed by atoms with Crippen LogP contribution in [-0.4, -0.2) is 4.98 Å². The molecule has 2 aromatic rings. The fourth-order valence-corrected chi connectivity index (χ4v) is 1.39. The van der Waals surface area contributed by atoms with Gasteiger partial charge in [-0.25, -0.2) is 4.98 Å². The van der Waals surface area contributed by atoms with E-state index in [-0.39, 0.29) is 10.8 Å². The number of anilines is 1. The fraction of sp³-hybridized carbons (Fsp3) is 0. The van der Waals surface area contributed by atoms with Crippen molar-refractivity contribution in [1.82, 2.24) is 4.98 Å². The first-order valence-corrected chi connectivity index (χ1v) is 5.46. The summed E-state index contributed by atoms with van der Waals surface area (Å²) in [4.78, 5) is 3.84. The first-order chi connectivity index (χ1) is 8.79. The number of aromatic nitrogens is 1. The maximum absolute atomic E-state index is 8.87. The van der Waals surface area contributed by atoms with Crippen molar-refractivity contribution in [2.45, 2.75) is 0 Å².